The molecule has 0 spiro atoms. The van der Waals surface area contributed by atoms with Gasteiger partial charge in [-0.3, -0.25) is 4.79 Å². The molecule has 0 saturated carbocycles. The summed E-state index contributed by atoms with van der Waals surface area (Å²) in [6.45, 7) is 5.96. The number of ether oxygens (including phenoxy) is 1. The fraction of sp³-hybridized carbons (Fsp3) is 0.290. The molecule has 2 heterocycles. The Hall–Kier alpha value is -3.86. The monoisotopic (exact) mass is 479 g/mol. The Balaban J connectivity index is 1.23. The van der Waals surface area contributed by atoms with E-state index in [0.717, 1.165) is 60.3 Å². The summed E-state index contributed by atoms with van der Waals surface area (Å²) in [6, 6.07) is 26.8. The molecule has 1 aromatic heterocycles. The van der Waals surface area contributed by atoms with Crippen LogP contribution in [0.4, 0.5) is 11.5 Å². The Labute approximate surface area is 213 Å². The third-order valence-electron chi connectivity index (χ3n) is 6.99. The molecule has 5 heteroatoms. The first-order valence-electron chi connectivity index (χ1n) is 12.7. The van der Waals surface area contributed by atoms with Gasteiger partial charge >= 0.3 is 0 Å². The van der Waals surface area contributed by atoms with Crippen molar-refractivity contribution in [2.24, 2.45) is 5.92 Å². The SMILES string of the molecule is Cc1ccc(NC(=O)COc2cccc3ccc(N4CCC(Cc5ccccc5)CC4)nc23)c(C)c1. The highest BCUT2D eigenvalue weighted by Gasteiger charge is 2.21. The number of carbonyl (C=O) groups excluding carboxylic acids is 1. The number of fused-ring (bicyclic) bond motifs is 1. The van der Waals surface area contributed by atoms with E-state index in [-0.39, 0.29) is 12.5 Å². The number of carbonyl (C=O) groups is 1. The van der Waals surface area contributed by atoms with Crippen LogP contribution in [0.1, 0.15) is 29.5 Å². The minimum absolute atomic E-state index is 0.0663. The first-order chi connectivity index (χ1) is 17.5. The van der Waals surface area contributed by atoms with Crippen molar-refractivity contribution >= 4 is 28.3 Å². The van der Waals surface area contributed by atoms with Crippen LogP contribution >= 0.6 is 0 Å². The molecule has 0 aliphatic carbocycles. The third-order valence-corrected chi connectivity index (χ3v) is 6.99. The molecule has 184 valence electrons. The number of benzene rings is 3. The molecule has 1 aliphatic heterocycles. The summed E-state index contributed by atoms with van der Waals surface area (Å²) in [5, 5.41) is 3.95. The average molecular weight is 480 g/mol. The second-order valence-corrected chi connectivity index (χ2v) is 9.77. The number of anilines is 2. The van der Waals surface area contributed by atoms with Crippen molar-refractivity contribution in [2.45, 2.75) is 33.1 Å². The number of para-hydroxylation sites is 1. The predicted molar refractivity (Wildman–Crippen MR) is 147 cm³/mol. The van der Waals surface area contributed by atoms with Gasteiger partial charge < -0.3 is 15.0 Å². The number of piperidine rings is 1. The fourth-order valence-electron chi connectivity index (χ4n) is 5.00. The number of hydrogen-bond donors (Lipinski definition) is 1. The van der Waals surface area contributed by atoms with Crippen molar-refractivity contribution in [3.8, 4) is 5.75 Å². The molecular weight excluding hydrogens is 446 g/mol. The molecule has 1 amide bonds. The number of pyridine rings is 1. The maximum absolute atomic E-state index is 12.6. The zero-order valence-corrected chi connectivity index (χ0v) is 21.0. The minimum atomic E-state index is -0.185. The van der Waals surface area contributed by atoms with E-state index < -0.39 is 0 Å². The summed E-state index contributed by atoms with van der Waals surface area (Å²) >= 11 is 0. The second kappa shape index (κ2) is 10.8. The van der Waals surface area contributed by atoms with Gasteiger partial charge in [-0.25, -0.2) is 4.98 Å². The smallest absolute Gasteiger partial charge is 0.262 e. The number of aryl methyl sites for hydroxylation is 2. The lowest BCUT2D eigenvalue weighted by molar-refractivity contribution is -0.118. The first-order valence-corrected chi connectivity index (χ1v) is 12.7. The van der Waals surface area contributed by atoms with Crippen LogP contribution in [0.3, 0.4) is 0 Å². The fourth-order valence-corrected chi connectivity index (χ4v) is 5.00. The van der Waals surface area contributed by atoms with Gasteiger partial charge in [-0.05, 0) is 74.4 Å². The second-order valence-electron chi connectivity index (χ2n) is 9.77. The van der Waals surface area contributed by atoms with E-state index in [0.29, 0.717) is 11.7 Å². The summed E-state index contributed by atoms with van der Waals surface area (Å²) < 4.78 is 5.95. The van der Waals surface area contributed by atoms with Gasteiger partial charge in [-0.15, -0.1) is 0 Å². The van der Waals surface area contributed by atoms with Crippen molar-refractivity contribution in [1.82, 2.24) is 4.98 Å². The maximum atomic E-state index is 12.6. The molecule has 0 atom stereocenters. The van der Waals surface area contributed by atoms with Crippen LogP contribution in [0.15, 0.2) is 78.9 Å². The summed E-state index contributed by atoms with van der Waals surface area (Å²) in [5.41, 5.74) is 5.22. The molecule has 1 saturated heterocycles. The Morgan fingerprint density at radius 2 is 1.78 bits per heavy atom. The standard InChI is InChI=1S/C31H33N3O2/c1-22-11-13-27(23(2)19-22)32-30(35)21-36-28-10-6-9-26-12-14-29(33-31(26)28)34-17-15-25(16-18-34)20-24-7-4-3-5-8-24/h3-14,19,25H,15-18,20-21H2,1-2H3,(H,32,35). The lowest BCUT2D eigenvalue weighted by atomic mass is 9.90. The predicted octanol–water partition coefficient (Wildman–Crippen LogP) is 6.33. The zero-order chi connectivity index (χ0) is 24.9. The van der Waals surface area contributed by atoms with Crippen LogP contribution in [-0.2, 0) is 11.2 Å². The number of nitrogens with one attached hydrogen (secondary N) is 1. The molecular formula is C31H33N3O2. The highest BCUT2D eigenvalue weighted by molar-refractivity contribution is 5.93. The van der Waals surface area contributed by atoms with Gasteiger partial charge in [0.05, 0.1) is 0 Å². The Bertz CT molecular complexity index is 1340. The van der Waals surface area contributed by atoms with E-state index >= 15 is 0 Å². The van der Waals surface area contributed by atoms with E-state index in [4.69, 9.17) is 9.72 Å². The van der Waals surface area contributed by atoms with Crippen LogP contribution in [0.5, 0.6) is 5.75 Å². The van der Waals surface area contributed by atoms with Gasteiger partial charge in [0, 0.05) is 24.2 Å². The topological polar surface area (TPSA) is 54.5 Å². The molecule has 0 radical (unpaired) electrons. The molecule has 1 aliphatic rings. The quantitative estimate of drug-likeness (QED) is 0.337. The Morgan fingerprint density at radius 1 is 0.972 bits per heavy atom. The van der Waals surface area contributed by atoms with Gasteiger partial charge in [0.15, 0.2) is 6.61 Å². The molecule has 5 rings (SSSR count). The van der Waals surface area contributed by atoms with Gasteiger partial charge in [0.2, 0.25) is 0 Å². The number of hydrogen-bond acceptors (Lipinski definition) is 4. The molecule has 4 aromatic rings. The van der Waals surface area contributed by atoms with Gasteiger partial charge in [0.1, 0.15) is 17.1 Å². The van der Waals surface area contributed by atoms with E-state index in [1.54, 1.807) is 0 Å². The van der Waals surface area contributed by atoms with Crippen LogP contribution in [-0.4, -0.2) is 30.6 Å². The first kappa shape index (κ1) is 23.9. The van der Waals surface area contributed by atoms with E-state index in [2.05, 4.69) is 58.7 Å². The third kappa shape index (κ3) is 5.68. The molecule has 1 fully saturated rings. The van der Waals surface area contributed by atoms with Crippen LogP contribution in [0.2, 0.25) is 0 Å². The van der Waals surface area contributed by atoms with E-state index in [1.807, 2.05) is 44.2 Å². The number of aromatic nitrogens is 1. The lowest BCUT2D eigenvalue weighted by Gasteiger charge is -2.33. The normalized spacial score (nSPS) is 14.1. The molecule has 3 aromatic carbocycles. The Kier molecular flexibility index (Phi) is 7.17. The summed E-state index contributed by atoms with van der Waals surface area (Å²) in [5.74, 6) is 2.12. The average Bonchev–Trinajstić information content (AvgIpc) is 2.90. The van der Waals surface area contributed by atoms with Crippen LogP contribution < -0.4 is 15.0 Å². The van der Waals surface area contributed by atoms with Crippen molar-refractivity contribution in [1.29, 1.82) is 0 Å². The molecule has 1 N–H and O–H groups in total. The number of amides is 1. The lowest BCUT2D eigenvalue weighted by Crippen LogP contribution is -2.34. The zero-order valence-electron chi connectivity index (χ0n) is 21.0. The molecule has 5 nitrogen and oxygen atoms in total. The van der Waals surface area contributed by atoms with Crippen molar-refractivity contribution < 1.29 is 9.53 Å². The largest absolute Gasteiger partial charge is 0.481 e. The van der Waals surface area contributed by atoms with Gasteiger partial charge in [-0.1, -0.05) is 60.2 Å². The van der Waals surface area contributed by atoms with E-state index in [1.165, 1.54) is 11.1 Å². The molecule has 0 bridgehead atoms. The van der Waals surface area contributed by atoms with Crippen molar-refractivity contribution in [3.05, 3.63) is 95.6 Å². The highest BCUT2D eigenvalue weighted by atomic mass is 16.5. The molecule has 36 heavy (non-hydrogen) atoms. The minimum Gasteiger partial charge on any atom is -0.481 e. The highest BCUT2D eigenvalue weighted by Crippen LogP contribution is 2.29. The summed E-state index contributed by atoms with van der Waals surface area (Å²) in [7, 11) is 0. The van der Waals surface area contributed by atoms with Gasteiger partial charge in [0.25, 0.3) is 5.91 Å². The maximum Gasteiger partial charge on any atom is 0.262 e. The van der Waals surface area contributed by atoms with Crippen LogP contribution in [0, 0.1) is 19.8 Å². The van der Waals surface area contributed by atoms with Crippen LogP contribution in [0.25, 0.3) is 10.9 Å². The molecule has 0 unspecified atom stereocenters. The number of nitrogens with zero attached hydrogens (tertiary/aromatic N) is 2. The van der Waals surface area contributed by atoms with E-state index in [9.17, 15) is 4.79 Å². The van der Waals surface area contributed by atoms with Crippen molar-refractivity contribution in [3.63, 3.8) is 0 Å². The summed E-state index contributed by atoms with van der Waals surface area (Å²) in [4.78, 5) is 19.9. The number of rotatable bonds is 7. The van der Waals surface area contributed by atoms with Gasteiger partial charge in [-0.2, -0.15) is 0 Å². The van der Waals surface area contributed by atoms with Crippen molar-refractivity contribution in [2.75, 3.05) is 29.9 Å². The Morgan fingerprint density at radius 3 is 2.56 bits per heavy atom. The summed E-state index contributed by atoms with van der Waals surface area (Å²) in [6.07, 6.45) is 3.46.